The van der Waals surface area contributed by atoms with E-state index in [4.69, 9.17) is 4.74 Å². The fraction of sp³-hybridized carbons (Fsp3) is 0.357. The SMILES string of the molecule is Cc1nonc1C(=O)Nc1ccccc1N1CCOCC1. The number of para-hydroxylation sites is 2. The number of anilines is 2. The Morgan fingerprint density at radius 3 is 2.71 bits per heavy atom. The molecule has 2 heterocycles. The van der Waals surface area contributed by atoms with E-state index in [-0.39, 0.29) is 11.6 Å². The van der Waals surface area contributed by atoms with Crippen LogP contribution in [0.4, 0.5) is 11.4 Å². The van der Waals surface area contributed by atoms with Crippen LogP contribution in [-0.2, 0) is 4.74 Å². The van der Waals surface area contributed by atoms with Crippen LogP contribution >= 0.6 is 0 Å². The van der Waals surface area contributed by atoms with Crippen molar-refractivity contribution in [2.45, 2.75) is 6.92 Å². The molecule has 7 heteroatoms. The van der Waals surface area contributed by atoms with Gasteiger partial charge < -0.3 is 15.0 Å². The van der Waals surface area contributed by atoms with Gasteiger partial charge in [0.2, 0.25) is 0 Å². The van der Waals surface area contributed by atoms with Gasteiger partial charge in [0.25, 0.3) is 5.91 Å². The van der Waals surface area contributed by atoms with E-state index in [1.165, 1.54) is 0 Å². The first kappa shape index (κ1) is 13.6. The highest BCUT2D eigenvalue weighted by molar-refractivity contribution is 6.05. The van der Waals surface area contributed by atoms with Gasteiger partial charge in [-0.2, -0.15) is 0 Å². The number of benzene rings is 1. The number of nitrogens with one attached hydrogen (secondary N) is 1. The van der Waals surface area contributed by atoms with Gasteiger partial charge in [0, 0.05) is 13.1 Å². The van der Waals surface area contributed by atoms with Crippen LogP contribution in [0.2, 0.25) is 0 Å². The van der Waals surface area contributed by atoms with Gasteiger partial charge in [-0.25, -0.2) is 4.63 Å². The number of aryl methyl sites for hydroxylation is 1. The molecular formula is C14H16N4O3. The number of rotatable bonds is 3. The molecule has 0 unspecified atom stereocenters. The molecule has 0 atom stereocenters. The zero-order valence-corrected chi connectivity index (χ0v) is 11.7. The van der Waals surface area contributed by atoms with Gasteiger partial charge in [0.15, 0.2) is 5.69 Å². The van der Waals surface area contributed by atoms with Crippen molar-refractivity contribution in [3.05, 3.63) is 35.7 Å². The van der Waals surface area contributed by atoms with Gasteiger partial charge in [-0.3, -0.25) is 4.79 Å². The Labute approximate surface area is 121 Å². The molecule has 1 saturated heterocycles. The highest BCUT2D eigenvalue weighted by Gasteiger charge is 2.19. The normalized spacial score (nSPS) is 15.0. The molecule has 2 aromatic rings. The third-order valence-corrected chi connectivity index (χ3v) is 3.37. The number of carbonyl (C=O) groups is 1. The summed E-state index contributed by atoms with van der Waals surface area (Å²) in [7, 11) is 0. The first-order valence-electron chi connectivity index (χ1n) is 6.78. The van der Waals surface area contributed by atoms with E-state index in [1.807, 2.05) is 24.3 Å². The summed E-state index contributed by atoms with van der Waals surface area (Å²) in [6, 6.07) is 7.68. The first-order valence-corrected chi connectivity index (χ1v) is 6.78. The summed E-state index contributed by atoms with van der Waals surface area (Å²) < 4.78 is 9.92. The Balaban J connectivity index is 1.82. The molecule has 110 valence electrons. The number of hydrogen-bond donors (Lipinski definition) is 1. The number of aromatic nitrogens is 2. The molecule has 1 amide bonds. The highest BCUT2D eigenvalue weighted by atomic mass is 16.6. The van der Waals surface area contributed by atoms with Crippen LogP contribution in [0.5, 0.6) is 0 Å². The predicted octanol–water partition coefficient (Wildman–Crippen LogP) is 1.47. The average Bonchev–Trinajstić information content (AvgIpc) is 2.95. The van der Waals surface area contributed by atoms with E-state index in [2.05, 4.69) is 25.2 Å². The molecule has 1 aliphatic rings. The Kier molecular flexibility index (Phi) is 3.83. The number of carbonyl (C=O) groups excluding carboxylic acids is 1. The van der Waals surface area contributed by atoms with E-state index >= 15 is 0 Å². The smallest absolute Gasteiger partial charge is 0.279 e. The topological polar surface area (TPSA) is 80.5 Å². The summed E-state index contributed by atoms with van der Waals surface area (Å²) in [5.41, 5.74) is 2.39. The summed E-state index contributed by atoms with van der Waals surface area (Å²) in [4.78, 5) is 14.4. The van der Waals surface area contributed by atoms with Crippen molar-refractivity contribution < 1.29 is 14.2 Å². The predicted molar refractivity (Wildman–Crippen MR) is 76.5 cm³/mol. The maximum atomic E-state index is 12.2. The van der Waals surface area contributed by atoms with Crippen LogP contribution < -0.4 is 10.2 Å². The Morgan fingerprint density at radius 2 is 2.00 bits per heavy atom. The van der Waals surface area contributed by atoms with Crippen molar-refractivity contribution in [1.82, 2.24) is 10.3 Å². The second-order valence-electron chi connectivity index (χ2n) is 4.77. The molecule has 3 rings (SSSR count). The quantitative estimate of drug-likeness (QED) is 0.921. The van der Waals surface area contributed by atoms with Crippen molar-refractivity contribution in [1.29, 1.82) is 0 Å². The molecule has 1 aromatic carbocycles. The second kappa shape index (κ2) is 5.92. The molecule has 1 aromatic heterocycles. The fourth-order valence-corrected chi connectivity index (χ4v) is 2.28. The minimum Gasteiger partial charge on any atom is -0.378 e. The van der Waals surface area contributed by atoms with Gasteiger partial charge in [0.1, 0.15) is 5.69 Å². The van der Waals surface area contributed by atoms with E-state index < -0.39 is 0 Å². The first-order chi connectivity index (χ1) is 10.3. The Morgan fingerprint density at radius 1 is 1.24 bits per heavy atom. The monoisotopic (exact) mass is 288 g/mol. The van der Waals surface area contributed by atoms with Crippen molar-refractivity contribution in [3.63, 3.8) is 0 Å². The molecule has 1 N–H and O–H groups in total. The zero-order valence-electron chi connectivity index (χ0n) is 11.7. The fourth-order valence-electron chi connectivity index (χ4n) is 2.28. The maximum Gasteiger partial charge on any atom is 0.279 e. The van der Waals surface area contributed by atoms with E-state index in [0.717, 1.165) is 24.5 Å². The summed E-state index contributed by atoms with van der Waals surface area (Å²) >= 11 is 0. The van der Waals surface area contributed by atoms with Gasteiger partial charge in [-0.05, 0) is 24.2 Å². The molecule has 0 aliphatic carbocycles. The van der Waals surface area contributed by atoms with Crippen LogP contribution in [-0.4, -0.2) is 42.5 Å². The largest absolute Gasteiger partial charge is 0.378 e. The lowest BCUT2D eigenvalue weighted by molar-refractivity contribution is 0.101. The standard InChI is InChI=1S/C14H16N4O3/c1-10-13(17-21-16-10)14(19)15-11-4-2-3-5-12(11)18-6-8-20-9-7-18/h2-5H,6-9H2,1H3,(H,15,19). The molecule has 7 nitrogen and oxygen atoms in total. The van der Waals surface area contributed by atoms with Crippen LogP contribution in [0.1, 0.15) is 16.2 Å². The van der Waals surface area contributed by atoms with E-state index in [0.29, 0.717) is 18.9 Å². The molecular weight excluding hydrogens is 272 g/mol. The summed E-state index contributed by atoms with van der Waals surface area (Å²) in [6.07, 6.45) is 0. The van der Waals surface area contributed by atoms with Gasteiger partial charge >= 0.3 is 0 Å². The van der Waals surface area contributed by atoms with Crippen molar-refractivity contribution in [2.24, 2.45) is 0 Å². The number of ether oxygens (including phenoxy) is 1. The van der Waals surface area contributed by atoms with Crippen LogP contribution in [0.3, 0.4) is 0 Å². The molecule has 21 heavy (non-hydrogen) atoms. The lowest BCUT2D eigenvalue weighted by Crippen LogP contribution is -2.36. The van der Waals surface area contributed by atoms with Gasteiger partial charge in [-0.15, -0.1) is 0 Å². The van der Waals surface area contributed by atoms with Gasteiger partial charge in [0.05, 0.1) is 24.6 Å². The lowest BCUT2D eigenvalue weighted by atomic mass is 10.2. The summed E-state index contributed by atoms with van der Waals surface area (Å²) in [5.74, 6) is -0.325. The minimum absolute atomic E-state index is 0.201. The van der Waals surface area contributed by atoms with Gasteiger partial charge in [-0.1, -0.05) is 17.3 Å². The Hall–Kier alpha value is -2.41. The third kappa shape index (κ3) is 2.87. The Bertz CT molecular complexity index is 635. The van der Waals surface area contributed by atoms with E-state index in [1.54, 1.807) is 6.92 Å². The van der Waals surface area contributed by atoms with Crippen molar-refractivity contribution in [2.75, 3.05) is 36.5 Å². The third-order valence-electron chi connectivity index (χ3n) is 3.37. The molecule has 0 saturated carbocycles. The highest BCUT2D eigenvalue weighted by Crippen LogP contribution is 2.26. The minimum atomic E-state index is -0.325. The zero-order chi connectivity index (χ0) is 14.7. The molecule has 1 fully saturated rings. The van der Waals surface area contributed by atoms with Crippen LogP contribution in [0.25, 0.3) is 0 Å². The number of amides is 1. The number of morpholine rings is 1. The number of hydrogen-bond acceptors (Lipinski definition) is 6. The van der Waals surface area contributed by atoms with Crippen molar-refractivity contribution >= 4 is 17.3 Å². The van der Waals surface area contributed by atoms with Crippen molar-refractivity contribution in [3.8, 4) is 0 Å². The average molecular weight is 288 g/mol. The van der Waals surface area contributed by atoms with Crippen LogP contribution in [0.15, 0.2) is 28.9 Å². The molecule has 0 bridgehead atoms. The maximum absolute atomic E-state index is 12.2. The molecule has 0 spiro atoms. The summed E-state index contributed by atoms with van der Waals surface area (Å²) in [6.45, 7) is 4.66. The van der Waals surface area contributed by atoms with E-state index in [9.17, 15) is 4.79 Å². The molecule has 0 radical (unpaired) electrons. The summed E-state index contributed by atoms with van der Waals surface area (Å²) in [5, 5.41) is 10.1. The molecule has 1 aliphatic heterocycles. The van der Waals surface area contributed by atoms with Crippen LogP contribution in [0, 0.1) is 6.92 Å². The lowest BCUT2D eigenvalue weighted by Gasteiger charge is -2.30. The number of nitrogens with zero attached hydrogens (tertiary/aromatic N) is 3. The second-order valence-corrected chi connectivity index (χ2v) is 4.77.